The van der Waals surface area contributed by atoms with Crippen LogP contribution in [0.5, 0.6) is 0 Å². The lowest BCUT2D eigenvalue weighted by atomic mass is 10.0. The molecule has 0 radical (unpaired) electrons. The van der Waals surface area contributed by atoms with Gasteiger partial charge < -0.3 is 18.9 Å². The quantitative estimate of drug-likeness (QED) is 0.345. The van der Waals surface area contributed by atoms with Gasteiger partial charge in [-0.25, -0.2) is 0 Å². The van der Waals surface area contributed by atoms with E-state index < -0.39 is 0 Å². The molecule has 4 nitrogen and oxygen atoms in total. The van der Waals surface area contributed by atoms with Crippen LogP contribution in [0.2, 0.25) is 0 Å². The van der Waals surface area contributed by atoms with Crippen LogP contribution in [0.25, 0.3) is 0 Å². The zero-order valence-corrected chi connectivity index (χ0v) is 16.1. The normalized spacial score (nSPS) is 12.0. The Labute approximate surface area is 144 Å². The van der Waals surface area contributed by atoms with Gasteiger partial charge in [0, 0.05) is 26.4 Å². The van der Waals surface area contributed by atoms with Crippen molar-refractivity contribution in [3.8, 4) is 0 Å². The van der Waals surface area contributed by atoms with Gasteiger partial charge in [0.2, 0.25) is 0 Å². The third kappa shape index (κ3) is 11.1. The van der Waals surface area contributed by atoms with Crippen LogP contribution in [0, 0.1) is 5.92 Å². The molecule has 0 heterocycles. The summed E-state index contributed by atoms with van der Waals surface area (Å²) in [4.78, 5) is 0. The van der Waals surface area contributed by atoms with Gasteiger partial charge in [0.05, 0.1) is 5.92 Å². The summed E-state index contributed by atoms with van der Waals surface area (Å²) in [7, 11) is 0. The van der Waals surface area contributed by atoms with Crippen molar-refractivity contribution in [1.29, 1.82) is 0 Å². The van der Waals surface area contributed by atoms with Crippen molar-refractivity contribution in [3.63, 3.8) is 0 Å². The van der Waals surface area contributed by atoms with E-state index in [1.807, 2.05) is 0 Å². The Morgan fingerprint density at radius 2 is 0.870 bits per heavy atom. The van der Waals surface area contributed by atoms with Crippen molar-refractivity contribution in [1.82, 2.24) is 0 Å². The van der Waals surface area contributed by atoms with E-state index in [1.165, 1.54) is 0 Å². The summed E-state index contributed by atoms with van der Waals surface area (Å²) < 4.78 is 24.0. The molecule has 0 saturated heterocycles. The summed E-state index contributed by atoms with van der Waals surface area (Å²) >= 11 is 0. The Bertz CT molecular complexity index is 199. The molecule has 0 fully saturated rings. The second-order valence-corrected chi connectivity index (χ2v) is 6.03. The minimum absolute atomic E-state index is 0.131. The first-order valence-corrected chi connectivity index (χ1v) is 9.71. The van der Waals surface area contributed by atoms with Gasteiger partial charge in [0.15, 0.2) is 12.6 Å². The molecule has 0 N–H and O–H groups in total. The molecule has 0 bridgehead atoms. The molecule has 140 valence electrons. The number of unbranched alkanes of at least 4 members (excludes halogenated alkanes) is 1. The SMILES string of the molecule is CCCCC(C(OCCC)OCCC)C(OCCC)OCCC. The fourth-order valence-corrected chi connectivity index (χ4v) is 2.37. The summed E-state index contributed by atoms with van der Waals surface area (Å²) in [6, 6.07) is 0. The number of rotatable bonds is 17. The molecular weight excluding hydrogens is 292 g/mol. The first-order valence-electron chi connectivity index (χ1n) is 9.71. The lowest BCUT2D eigenvalue weighted by Gasteiger charge is -2.33. The predicted molar refractivity (Wildman–Crippen MR) is 95.6 cm³/mol. The molecule has 0 spiro atoms. The summed E-state index contributed by atoms with van der Waals surface area (Å²) in [5, 5.41) is 0. The maximum atomic E-state index is 6.01. The van der Waals surface area contributed by atoms with E-state index >= 15 is 0 Å². The van der Waals surface area contributed by atoms with Crippen LogP contribution in [0.4, 0.5) is 0 Å². The second-order valence-electron chi connectivity index (χ2n) is 6.03. The van der Waals surface area contributed by atoms with Crippen LogP contribution >= 0.6 is 0 Å². The summed E-state index contributed by atoms with van der Waals surface area (Å²) in [6.07, 6.45) is 6.77. The van der Waals surface area contributed by atoms with Crippen molar-refractivity contribution < 1.29 is 18.9 Å². The maximum absolute atomic E-state index is 6.01. The number of ether oxygens (including phenoxy) is 4. The first-order chi connectivity index (χ1) is 11.2. The Balaban J connectivity index is 4.97. The van der Waals surface area contributed by atoms with Gasteiger partial charge in [0.1, 0.15) is 0 Å². The molecule has 0 atom stereocenters. The van der Waals surface area contributed by atoms with Gasteiger partial charge in [-0.3, -0.25) is 0 Å². The van der Waals surface area contributed by atoms with E-state index in [9.17, 15) is 0 Å². The van der Waals surface area contributed by atoms with Crippen molar-refractivity contribution in [3.05, 3.63) is 0 Å². The highest BCUT2D eigenvalue weighted by Gasteiger charge is 2.32. The Kier molecular flexibility index (Phi) is 16.6. The zero-order valence-electron chi connectivity index (χ0n) is 16.1. The smallest absolute Gasteiger partial charge is 0.165 e. The minimum atomic E-state index is -0.236. The Hall–Kier alpha value is -0.160. The van der Waals surface area contributed by atoms with Crippen molar-refractivity contribution in [2.75, 3.05) is 26.4 Å². The highest BCUT2D eigenvalue weighted by atomic mass is 16.7. The van der Waals surface area contributed by atoms with Gasteiger partial charge >= 0.3 is 0 Å². The Morgan fingerprint density at radius 3 is 1.13 bits per heavy atom. The lowest BCUT2D eigenvalue weighted by Crippen LogP contribution is -2.39. The van der Waals surface area contributed by atoms with Crippen LogP contribution in [0.1, 0.15) is 79.6 Å². The molecule has 0 saturated carbocycles. The van der Waals surface area contributed by atoms with Crippen LogP contribution in [-0.4, -0.2) is 39.0 Å². The highest BCUT2D eigenvalue weighted by molar-refractivity contribution is 4.69. The molecule has 0 aliphatic rings. The molecule has 0 unspecified atom stereocenters. The maximum Gasteiger partial charge on any atom is 0.165 e. The topological polar surface area (TPSA) is 36.9 Å². The zero-order chi connectivity index (χ0) is 17.3. The van der Waals surface area contributed by atoms with E-state index in [4.69, 9.17) is 18.9 Å². The fourth-order valence-electron chi connectivity index (χ4n) is 2.37. The fraction of sp³-hybridized carbons (Fsp3) is 1.00. The van der Waals surface area contributed by atoms with Crippen LogP contribution in [0.3, 0.4) is 0 Å². The van der Waals surface area contributed by atoms with E-state index in [0.717, 1.165) is 44.9 Å². The molecular formula is C19H40O4. The van der Waals surface area contributed by atoms with E-state index in [0.29, 0.717) is 26.4 Å². The number of hydrogen-bond donors (Lipinski definition) is 0. The van der Waals surface area contributed by atoms with Gasteiger partial charge in [-0.2, -0.15) is 0 Å². The van der Waals surface area contributed by atoms with E-state index in [2.05, 4.69) is 34.6 Å². The van der Waals surface area contributed by atoms with E-state index in [-0.39, 0.29) is 18.5 Å². The molecule has 23 heavy (non-hydrogen) atoms. The molecule has 0 aliphatic carbocycles. The monoisotopic (exact) mass is 332 g/mol. The molecule has 0 amide bonds. The first kappa shape index (κ1) is 22.8. The average Bonchev–Trinajstić information content (AvgIpc) is 2.57. The standard InChI is InChI=1S/C19H40O4/c1-6-11-12-17(18(20-13-7-2)21-14-8-3)19(22-15-9-4)23-16-10-5/h17-19H,6-16H2,1-5H3. The molecule has 0 aromatic carbocycles. The van der Waals surface area contributed by atoms with Crippen molar-refractivity contribution in [2.24, 2.45) is 5.92 Å². The summed E-state index contributed by atoms with van der Waals surface area (Å²) in [5.74, 6) is 0.131. The van der Waals surface area contributed by atoms with E-state index in [1.54, 1.807) is 0 Å². The Morgan fingerprint density at radius 1 is 0.522 bits per heavy atom. The number of hydrogen-bond acceptors (Lipinski definition) is 4. The van der Waals surface area contributed by atoms with Gasteiger partial charge in [0.25, 0.3) is 0 Å². The summed E-state index contributed by atoms with van der Waals surface area (Å²) in [5.41, 5.74) is 0. The van der Waals surface area contributed by atoms with Gasteiger partial charge in [-0.05, 0) is 32.1 Å². The second kappa shape index (κ2) is 16.7. The molecule has 4 heteroatoms. The minimum Gasteiger partial charge on any atom is -0.352 e. The third-order valence-electron chi connectivity index (χ3n) is 3.54. The van der Waals surface area contributed by atoms with Crippen LogP contribution in [0.15, 0.2) is 0 Å². The van der Waals surface area contributed by atoms with Crippen molar-refractivity contribution in [2.45, 2.75) is 92.1 Å². The lowest BCUT2D eigenvalue weighted by molar-refractivity contribution is -0.253. The van der Waals surface area contributed by atoms with Crippen molar-refractivity contribution >= 4 is 0 Å². The van der Waals surface area contributed by atoms with Gasteiger partial charge in [-0.15, -0.1) is 0 Å². The predicted octanol–water partition coefficient (Wildman–Crippen LogP) is 5.15. The largest absolute Gasteiger partial charge is 0.352 e. The molecule has 0 aliphatic heterocycles. The molecule has 0 aromatic heterocycles. The molecule has 0 aromatic rings. The van der Waals surface area contributed by atoms with Crippen LogP contribution in [-0.2, 0) is 18.9 Å². The third-order valence-corrected chi connectivity index (χ3v) is 3.54. The highest BCUT2D eigenvalue weighted by Crippen LogP contribution is 2.25. The average molecular weight is 333 g/mol. The summed E-state index contributed by atoms with van der Waals surface area (Å²) in [6.45, 7) is 13.5. The molecule has 0 rings (SSSR count). The van der Waals surface area contributed by atoms with Gasteiger partial charge in [-0.1, -0.05) is 47.5 Å². The van der Waals surface area contributed by atoms with Crippen LogP contribution < -0.4 is 0 Å².